The lowest BCUT2D eigenvalue weighted by Crippen LogP contribution is -2.60. The number of carboxylic acids is 1. The number of hydrogen-bond acceptors (Lipinski definition) is 11. The fourth-order valence-electron chi connectivity index (χ4n) is 6.92. The molecule has 0 fully saturated rings. The number of H-pyrrole nitrogens is 1. The summed E-state index contributed by atoms with van der Waals surface area (Å²) < 4.78 is 0. The first-order valence-electron chi connectivity index (χ1n) is 22.9. The molecule has 68 heavy (non-hydrogen) atoms. The highest BCUT2D eigenvalue weighted by Gasteiger charge is 2.34. The monoisotopic (exact) mass is 956 g/mol. The Hall–Kier alpha value is -6.78. The molecular weight excluding hydrogens is 883 g/mol. The summed E-state index contributed by atoms with van der Waals surface area (Å²) >= 11 is 0. The third-order valence-electron chi connectivity index (χ3n) is 10.8. The van der Waals surface area contributed by atoms with Crippen LogP contribution in [0.3, 0.4) is 0 Å². The van der Waals surface area contributed by atoms with E-state index in [2.05, 4.69) is 52.5 Å². The molecule has 1 aromatic carbocycles. The predicted octanol–water partition coefficient (Wildman–Crippen LogP) is -1.50. The number of benzene rings is 1. The van der Waals surface area contributed by atoms with Crippen LogP contribution in [-0.2, 0) is 49.6 Å². The molecular formula is C45H73N13O10. The molecule has 1 aromatic heterocycles. The minimum atomic E-state index is -1.30. The highest BCUT2D eigenvalue weighted by atomic mass is 16.4. The predicted molar refractivity (Wildman–Crippen MR) is 255 cm³/mol. The normalized spacial score (nSPS) is 14.7. The van der Waals surface area contributed by atoms with E-state index in [1.807, 2.05) is 52.0 Å². The molecule has 0 spiro atoms. The van der Waals surface area contributed by atoms with E-state index in [0.29, 0.717) is 12.0 Å². The van der Waals surface area contributed by atoms with Crippen molar-refractivity contribution < 1.29 is 48.3 Å². The first-order valence-corrected chi connectivity index (χ1v) is 22.9. The first-order chi connectivity index (χ1) is 31.9. The quantitative estimate of drug-likeness (QED) is 0.0251. The largest absolute Gasteiger partial charge is 0.480 e. The lowest BCUT2D eigenvalue weighted by atomic mass is 9.97. The van der Waals surface area contributed by atoms with Crippen LogP contribution in [0.25, 0.3) is 10.9 Å². The Balaban J connectivity index is 2.25. The molecule has 0 saturated carbocycles. The zero-order valence-corrected chi connectivity index (χ0v) is 40.3. The molecule has 0 aliphatic heterocycles. The van der Waals surface area contributed by atoms with Crippen molar-refractivity contribution >= 4 is 70.1 Å². The van der Waals surface area contributed by atoms with Gasteiger partial charge in [-0.05, 0) is 68.9 Å². The Morgan fingerprint density at radius 1 is 0.662 bits per heavy atom. The Morgan fingerprint density at radius 3 is 1.79 bits per heavy atom. The molecule has 0 saturated heterocycles. The summed E-state index contributed by atoms with van der Waals surface area (Å²) in [5.41, 5.74) is 18.0. The van der Waals surface area contributed by atoms with Gasteiger partial charge in [-0.2, -0.15) is 0 Å². The van der Waals surface area contributed by atoms with Gasteiger partial charge in [-0.15, -0.1) is 0 Å². The minimum absolute atomic E-state index is 0.0101. The summed E-state index contributed by atoms with van der Waals surface area (Å²) in [5.74, 6) is -7.70. The number of fused-ring (bicyclic) bond motifs is 1. The molecule has 8 atom stereocenters. The third kappa shape index (κ3) is 20.0. The molecule has 0 radical (unpaired) electrons. The molecule has 1 heterocycles. The van der Waals surface area contributed by atoms with E-state index in [1.165, 1.54) is 13.8 Å². The van der Waals surface area contributed by atoms with Gasteiger partial charge >= 0.3 is 5.97 Å². The van der Waals surface area contributed by atoms with Gasteiger partial charge in [-0.3, -0.25) is 48.1 Å². The average molecular weight is 956 g/mol. The second kappa shape index (κ2) is 28.4. The standard InChI is InChI=1S/C45H73N13O10/c1-9-25(6)37(44(68)51-21-35(59)54-31(15-12-16-49-45(47)48)40(64)52-22-36(60)61)58-39(63)27(8)53-41(65)32(17-23(2)3)56-43(67)34(19-28-20-50-30-14-11-10-13-29(28)30)57-42(66)33(18-24(4)5)55-38(62)26(7)46/h10-11,13-14,20,23-27,31-34,37,50H,9,12,15-19,21-22,46H2,1-8H3,(H,51,68)(H,52,64)(H,53,65)(H,54,59)(H,55,62)(H,56,67)(H,57,66)(H,58,63)(H,60,61)(H4,47,48,49)/t25-,26-,27-,31-,32-,33-,34-,37-/m0/s1. The van der Waals surface area contributed by atoms with Gasteiger partial charge in [0.15, 0.2) is 5.96 Å². The van der Waals surface area contributed by atoms with Crippen molar-refractivity contribution in [2.75, 3.05) is 19.6 Å². The molecule has 378 valence electrons. The van der Waals surface area contributed by atoms with Crippen LogP contribution in [0.4, 0.5) is 0 Å². The van der Waals surface area contributed by atoms with E-state index in [0.717, 1.165) is 10.9 Å². The molecule has 23 nitrogen and oxygen atoms in total. The smallest absolute Gasteiger partial charge is 0.322 e. The number of amides is 8. The van der Waals surface area contributed by atoms with Crippen molar-refractivity contribution in [3.05, 3.63) is 36.0 Å². The van der Waals surface area contributed by atoms with E-state index in [1.54, 1.807) is 20.0 Å². The van der Waals surface area contributed by atoms with Crippen molar-refractivity contribution in [2.24, 2.45) is 39.9 Å². The van der Waals surface area contributed by atoms with Crippen LogP contribution in [0.15, 0.2) is 35.5 Å². The van der Waals surface area contributed by atoms with Crippen molar-refractivity contribution in [3.63, 3.8) is 0 Å². The maximum Gasteiger partial charge on any atom is 0.322 e. The van der Waals surface area contributed by atoms with Gasteiger partial charge in [-0.25, -0.2) is 0 Å². The van der Waals surface area contributed by atoms with E-state index in [9.17, 15) is 43.2 Å². The maximum atomic E-state index is 14.3. The zero-order chi connectivity index (χ0) is 51.2. The van der Waals surface area contributed by atoms with Crippen LogP contribution >= 0.6 is 0 Å². The van der Waals surface area contributed by atoms with Crippen molar-refractivity contribution in [2.45, 2.75) is 136 Å². The number of aliphatic imine (C=N–C) groups is 1. The fraction of sp³-hybridized carbons (Fsp3) is 0.600. The molecule has 16 N–H and O–H groups in total. The number of carbonyl (C=O) groups is 9. The molecule has 0 aliphatic carbocycles. The third-order valence-corrected chi connectivity index (χ3v) is 10.8. The minimum Gasteiger partial charge on any atom is -0.480 e. The summed E-state index contributed by atoms with van der Waals surface area (Å²) in [6.07, 6.45) is 2.83. The highest BCUT2D eigenvalue weighted by Crippen LogP contribution is 2.20. The number of carboxylic acid groups (broad SMARTS) is 1. The topological polar surface area (TPSA) is 376 Å². The Labute approximate surface area is 396 Å². The number of aromatic nitrogens is 1. The number of guanidine groups is 1. The second-order valence-corrected chi connectivity index (χ2v) is 17.8. The van der Waals surface area contributed by atoms with Crippen LogP contribution in [0.1, 0.15) is 93.1 Å². The number of nitrogens with zero attached hydrogens (tertiary/aromatic N) is 1. The van der Waals surface area contributed by atoms with Crippen LogP contribution in [0.5, 0.6) is 0 Å². The van der Waals surface area contributed by atoms with Crippen LogP contribution in [0, 0.1) is 17.8 Å². The van der Waals surface area contributed by atoms with Crippen molar-refractivity contribution in [1.29, 1.82) is 0 Å². The summed E-state index contributed by atoms with van der Waals surface area (Å²) in [6, 6.07) is -0.492. The number of hydrogen-bond donors (Lipinski definition) is 13. The molecule has 0 bridgehead atoms. The average Bonchev–Trinajstić information content (AvgIpc) is 3.68. The van der Waals surface area contributed by atoms with Gasteiger partial charge in [0.1, 0.15) is 42.8 Å². The number of rotatable bonds is 29. The van der Waals surface area contributed by atoms with Gasteiger partial charge in [0.05, 0.1) is 12.6 Å². The highest BCUT2D eigenvalue weighted by molar-refractivity contribution is 5.98. The first kappa shape index (κ1) is 57.3. The number of aromatic amines is 1. The summed E-state index contributed by atoms with van der Waals surface area (Å²) in [5, 5.41) is 30.4. The zero-order valence-electron chi connectivity index (χ0n) is 40.3. The van der Waals surface area contributed by atoms with Gasteiger partial charge in [0.2, 0.25) is 47.3 Å². The van der Waals surface area contributed by atoms with Crippen molar-refractivity contribution in [3.8, 4) is 0 Å². The summed E-state index contributed by atoms with van der Waals surface area (Å²) in [7, 11) is 0. The van der Waals surface area contributed by atoms with E-state index < -0.39 is 115 Å². The molecule has 8 amide bonds. The molecule has 23 heteroatoms. The van der Waals surface area contributed by atoms with E-state index in [-0.39, 0.29) is 56.4 Å². The molecule has 2 rings (SSSR count). The number of carbonyl (C=O) groups excluding carboxylic acids is 8. The number of para-hydroxylation sites is 1. The lowest BCUT2D eigenvalue weighted by molar-refractivity contribution is -0.138. The molecule has 0 aliphatic rings. The molecule has 0 unspecified atom stereocenters. The fourth-order valence-corrected chi connectivity index (χ4v) is 6.92. The Bertz CT molecular complexity index is 2080. The van der Waals surface area contributed by atoms with E-state index in [4.69, 9.17) is 22.3 Å². The summed E-state index contributed by atoms with van der Waals surface area (Å²) in [6.45, 7) is 12.6. The number of nitrogens with two attached hydrogens (primary N) is 3. The van der Waals surface area contributed by atoms with Gasteiger partial charge in [0, 0.05) is 30.1 Å². The van der Waals surface area contributed by atoms with E-state index >= 15 is 0 Å². The van der Waals surface area contributed by atoms with Crippen LogP contribution in [0.2, 0.25) is 0 Å². The van der Waals surface area contributed by atoms with Crippen LogP contribution < -0.4 is 59.7 Å². The van der Waals surface area contributed by atoms with Crippen molar-refractivity contribution in [1.82, 2.24) is 47.5 Å². The van der Waals surface area contributed by atoms with Crippen LogP contribution in [-0.4, -0.2) is 131 Å². The second-order valence-electron chi connectivity index (χ2n) is 17.8. The van der Waals surface area contributed by atoms with Gasteiger partial charge in [-0.1, -0.05) is 66.2 Å². The number of aliphatic carboxylic acids is 1. The summed E-state index contributed by atoms with van der Waals surface area (Å²) in [4.78, 5) is 125. The Morgan fingerprint density at radius 2 is 1.22 bits per heavy atom. The van der Waals surface area contributed by atoms with Gasteiger partial charge < -0.3 is 69.8 Å². The molecule has 2 aromatic rings. The lowest BCUT2D eigenvalue weighted by Gasteiger charge is -2.28. The van der Waals surface area contributed by atoms with Gasteiger partial charge in [0.25, 0.3) is 0 Å². The Kier molecular flexibility index (Phi) is 24.0. The SMILES string of the molecule is CC[C@H](C)[C@H](NC(=O)[C@H](C)NC(=O)[C@H](CC(C)C)NC(=O)[C@H](Cc1c[nH]c2ccccc12)NC(=O)[C@H](CC(C)C)NC(=O)[C@H](C)N)C(=O)NCC(=O)N[C@@H](CCCN=C(N)N)C(=O)NCC(=O)O. The maximum absolute atomic E-state index is 14.3. The number of nitrogens with one attached hydrogen (secondary N) is 9.